The molecule has 0 aromatic carbocycles. The molecule has 1 saturated carbocycles. The van der Waals surface area contributed by atoms with Gasteiger partial charge in [-0.15, -0.1) is 0 Å². The summed E-state index contributed by atoms with van der Waals surface area (Å²) in [7, 11) is 0. The fourth-order valence-corrected chi connectivity index (χ4v) is 1.75. The maximum Gasteiger partial charge on any atom is 0.390 e. The molecule has 0 amide bonds. The maximum atomic E-state index is 12.0. The number of hydrogen-bond donors (Lipinski definition) is 2. The number of nitrogens with two attached hydrogens (primary N) is 1. The van der Waals surface area contributed by atoms with Crippen LogP contribution in [-0.4, -0.2) is 22.9 Å². The second kappa shape index (κ2) is 3.46. The predicted molar refractivity (Wildman–Crippen MR) is 42.1 cm³/mol. The lowest BCUT2D eigenvalue weighted by Crippen LogP contribution is -2.47. The largest absolute Gasteiger partial charge is 0.393 e. The quantitative estimate of drug-likeness (QED) is 0.670. The van der Waals surface area contributed by atoms with Crippen LogP contribution in [0.5, 0.6) is 0 Å². The highest BCUT2D eigenvalue weighted by Gasteiger charge is 2.41. The van der Waals surface area contributed by atoms with Gasteiger partial charge in [-0.25, -0.2) is 0 Å². The van der Waals surface area contributed by atoms with Gasteiger partial charge in [0.2, 0.25) is 0 Å². The molecular formula is C8H14F3NO. The van der Waals surface area contributed by atoms with Crippen LogP contribution in [-0.2, 0) is 0 Å². The Kier molecular flexibility index (Phi) is 2.87. The molecule has 0 aromatic heterocycles. The van der Waals surface area contributed by atoms with E-state index in [0.29, 0.717) is 12.8 Å². The number of rotatable bonds is 1. The van der Waals surface area contributed by atoms with Crippen LogP contribution < -0.4 is 5.73 Å². The van der Waals surface area contributed by atoms with E-state index in [2.05, 4.69) is 0 Å². The van der Waals surface area contributed by atoms with E-state index < -0.39 is 24.2 Å². The normalized spacial score (nSPS) is 36.2. The van der Waals surface area contributed by atoms with Crippen LogP contribution in [0.15, 0.2) is 0 Å². The van der Waals surface area contributed by atoms with Gasteiger partial charge in [0.25, 0.3) is 0 Å². The van der Waals surface area contributed by atoms with Crippen LogP contribution >= 0.6 is 0 Å². The Bertz CT molecular complexity index is 173. The van der Waals surface area contributed by atoms with E-state index in [-0.39, 0.29) is 12.8 Å². The molecule has 0 heterocycles. The zero-order chi connectivity index (χ0) is 10.1. The third-order valence-electron chi connectivity index (χ3n) is 2.50. The minimum atomic E-state index is -4.20. The van der Waals surface area contributed by atoms with E-state index in [0.717, 1.165) is 0 Å². The summed E-state index contributed by atoms with van der Waals surface area (Å²) in [5, 5.41) is 9.10. The summed E-state index contributed by atoms with van der Waals surface area (Å²) in [5.41, 5.74) is 4.43. The van der Waals surface area contributed by atoms with Gasteiger partial charge in [-0.1, -0.05) is 0 Å². The highest BCUT2D eigenvalue weighted by Crippen LogP contribution is 2.35. The van der Waals surface area contributed by atoms with Gasteiger partial charge in [0.1, 0.15) is 0 Å². The van der Waals surface area contributed by atoms with E-state index in [1.54, 1.807) is 0 Å². The predicted octanol–water partition coefficient (Wildman–Crippen LogP) is 1.57. The van der Waals surface area contributed by atoms with Crippen LogP contribution in [0.4, 0.5) is 13.2 Å². The Balaban J connectivity index is 2.48. The van der Waals surface area contributed by atoms with Crippen molar-refractivity contribution in [2.75, 3.05) is 0 Å². The van der Waals surface area contributed by atoms with Gasteiger partial charge < -0.3 is 10.8 Å². The van der Waals surface area contributed by atoms with Crippen molar-refractivity contribution in [1.29, 1.82) is 0 Å². The SMILES string of the molecule is NC1(CC(F)(F)F)CCC(O)CC1. The van der Waals surface area contributed by atoms with Crippen LogP contribution in [0, 0.1) is 0 Å². The van der Waals surface area contributed by atoms with Gasteiger partial charge in [-0.05, 0) is 25.7 Å². The van der Waals surface area contributed by atoms with E-state index in [9.17, 15) is 13.2 Å². The van der Waals surface area contributed by atoms with Crippen molar-refractivity contribution in [3.05, 3.63) is 0 Å². The Morgan fingerprint density at radius 1 is 1.31 bits per heavy atom. The zero-order valence-corrected chi connectivity index (χ0v) is 7.27. The maximum absolute atomic E-state index is 12.0. The second-order valence-corrected chi connectivity index (χ2v) is 3.89. The minimum absolute atomic E-state index is 0.258. The van der Waals surface area contributed by atoms with Crippen molar-refractivity contribution in [2.45, 2.75) is 49.9 Å². The van der Waals surface area contributed by atoms with Gasteiger partial charge in [0.05, 0.1) is 12.5 Å². The van der Waals surface area contributed by atoms with Crippen molar-refractivity contribution in [2.24, 2.45) is 5.73 Å². The number of halogens is 3. The minimum Gasteiger partial charge on any atom is -0.393 e. The molecule has 1 aliphatic rings. The van der Waals surface area contributed by atoms with E-state index in [1.165, 1.54) is 0 Å². The highest BCUT2D eigenvalue weighted by molar-refractivity contribution is 4.91. The third kappa shape index (κ3) is 3.52. The van der Waals surface area contributed by atoms with Crippen molar-refractivity contribution >= 4 is 0 Å². The molecule has 0 saturated heterocycles. The molecule has 5 heteroatoms. The summed E-state index contributed by atoms with van der Waals surface area (Å²) >= 11 is 0. The molecule has 0 atom stereocenters. The second-order valence-electron chi connectivity index (χ2n) is 3.89. The molecule has 13 heavy (non-hydrogen) atoms. The lowest BCUT2D eigenvalue weighted by Gasteiger charge is -2.35. The highest BCUT2D eigenvalue weighted by atomic mass is 19.4. The molecule has 0 spiro atoms. The Morgan fingerprint density at radius 3 is 2.15 bits per heavy atom. The molecule has 78 valence electrons. The smallest absolute Gasteiger partial charge is 0.390 e. The fourth-order valence-electron chi connectivity index (χ4n) is 1.75. The monoisotopic (exact) mass is 197 g/mol. The molecular weight excluding hydrogens is 183 g/mol. The summed E-state index contributed by atoms with van der Waals surface area (Å²) in [4.78, 5) is 0. The lowest BCUT2D eigenvalue weighted by molar-refractivity contribution is -0.151. The molecule has 1 rings (SSSR count). The molecule has 1 aliphatic carbocycles. The van der Waals surface area contributed by atoms with E-state index >= 15 is 0 Å². The lowest BCUT2D eigenvalue weighted by atomic mass is 9.79. The number of alkyl halides is 3. The number of hydrogen-bond acceptors (Lipinski definition) is 2. The van der Waals surface area contributed by atoms with Crippen LogP contribution in [0.1, 0.15) is 32.1 Å². The van der Waals surface area contributed by atoms with Gasteiger partial charge in [-0.3, -0.25) is 0 Å². The molecule has 1 fully saturated rings. The Morgan fingerprint density at radius 2 is 1.77 bits per heavy atom. The first-order valence-corrected chi connectivity index (χ1v) is 4.34. The van der Waals surface area contributed by atoms with Crippen LogP contribution in [0.2, 0.25) is 0 Å². The summed E-state index contributed by atoms with van der Waals surface area (Å²) in [5.74, 6) is 0. The summed E-state index contributed by atoms with van der Waals surface area (Å²) < 4.78 is 36.1. The van der Waals surface area contributed by atoms with Gasteiger partial charge >= 0.3 is 6.18 Å². The number of aliphatic hydroxyl groups is 1. The van der Waals surface area contributed by atoms with Crippen molar-refractivity contribution in [1.82, 2.24) is 0 Å². The van der Waals surface area contributed by atoms with Crippen molar-refractivity contribution in [3.63, 3.8) is 0 Å². The molecule has 3 N–H and O–H groups in total. The standard InChI is InChI=1S/C8H14F3NO/c9-8(10,11)5-7(12)3-1-6(13)2-4-7/h6,13H,1-5,12H2. The van der Waals surface area contributed by atoms with E-state index in [1.807, 2.05) is 0 Å². The van der Waals surface area contributed by atoms with E-state index in [4.69, 9.17) is 10.8 Å². The summed E-state index contributed by atoms with van der Waals surface area (Å²) in [6.45, 7) is 0. The van der Waals surface area contributed by atoms with Crippen molar-refractivity contribution < 1.29 is 18.3 Å². The zero-order valence-electron chi connectivity index (χ0n) is 7.27. The first-order chi connectivity index (χ1) is 5.81. The summed E-state index contributed by atoms with van der Waals surface area (Å²) in [6.07, 6.45) is -4.32. The first-order valence-electron chi connectivity index (χ1n) is 4.34. The van der Waals surface area contributed by atoms with Crippen molar-refractivity contribution in [3.8, 4) is 0 Å². The van der Waals surface area contributed by atoms with Gasteiger partial charge in [0.15, 0.2) is 0 Å². The Hall–Kier alpha value is -0.290. The molecule has 0 bridgehead atoms. The average molecular weight is 197 g/mol. The van der Waals surface area contributed by atoms with Gasteiger partial charge in [-0.2, -0.15) is 13.2 Å². The third-order valence-corrected chi connectivity index (χ3v) is 2.50. The topological polar surface area (TPSA) is 46.2 Å². The number of aliphatic hydroxyl groups excluding tert-OH is 1. The molecule has 0 aromatic rings. The van der Waals surface area contributed by atoms with Crippen LogP contribution in [0.3, 0.4) is 0 Å². The first kappa shape index (κ1) is 10.8. The Labute approximate surface area is 74.9 Å². The summed E-state index contributed by atoms with van der Waals surface area (Å²) in [6, 6.07) is 0. The van der Waals surface area contributed by atoms with Gasteiger partial charge in [0, 0.05) is 5.54 Å². The average Bonchev–Trinajstić information content (AvgIpc) is 1.92. The fraction of sp³-hybridized carbons (Fsp3) is 1.00. The molecule has 0 radical (unpaired) electrons. The molecule has 2 nitrogen and oxygen atoms in total. The molecule has 0 aliphatic heterocycles. The van der Waals surface area contributed by atoms with Crippen LogP contribution in [0.25, 0.3) is 0 Å². The molecule has 0 unspecified atom stereocenters.